The minimum Gasteiger partial charge on any atom is -0.325 e. The molecule has 0 saturated heterocycles. The molecule has 1 aromatic carbocycles. The van der Waals surface area contributed by atoms with Crippen LogP contribution in [0.1, 0.15) is 13.8 Å². The Morgan fingerprint density at radius 3 is 2.38 bits per heavy atom. The van der Waals surface area contributed by atoms with Crippen molar-refractivity contribution in [3.8, 4) is 0 Å². The van der Waals surface area contributed by atoms with E-state index >= 15 is 0 Å². The average Bonchev–Trinajstić information content (AvgIpc) is 2.30. The zero-order valence-electron chi connectivity index (χ0n) is 11.9. The van der Waals surface area contributed by atoms with Gasteiger partial charge in [-0.05, 0) is 24.1 Å². The smallest absolute Gasteiger partial charge is 0.241 e. The van der Waals surface area contributed by atoms with Crippen molar-refractivity contribution >= 4 is 39.7 Å². The summed E-state index contributed by atoms with van der Waals surface area (Å²) in [4.78, 5) is 11.8. The SMILES string of the molecule is CC(C)C(N)C(=O)Nc1ccc(F)c(NS(C)(=O)=O)c1.Cl. The molecule has 6 nitrogen and oxygen atoms in total. The summed E-state index contributed by atoms with van der Waals surface area (Å²) in [7, 11) is -3.60. The number of carbonyl (C=O) groups is 1. The van der Waals surface area contributed by atoms with Crippen LogP contribution >= 0.6 is 12.4 Å². The van der Waals surface area contributed by atoms with E-state index in [1.807, 2.05) is 4.72 Å². The molecule has 0 aromatic heterocycles. The fourth-order valence-electron chi connectivity index (χ4n) is 1.41. The molecule has 1 unspecified atom stereocenters. The Hall–Kier alpha value is -1.38. The van der Waals surface area contributed by atoms with Gasteiger partial charge in [-0.1, -0.05) is 13.8 Å². The van der Waals surface area contributed by atoms with Gasteiger partial charge in [0.15, 0.2) is 0 Å². The third kappa shape index (κ3) is 6.28. The Morgan fingerprint density at radius 1 is 1.33 bits per heavy atom. The van der Waals surface area contributed by atoms with Crippen LogP contribution in [-0.2, 0) is 14.8 Å². The van der Waals surface area contributed by atoms with Crippen LogP contribution in [0, 0.1) is 11.7 Å². The van der Waals surface area contributed by atoms with Gasteiger partial charge in [-0.25, -0.2) is 12.8 Å². The van der Waals surface area contributed by atoms with Crippen LogP contribution in [0.15, 0.2) is 18.2 Å². The first-order chi connectivity index (χ1) is 9.10. The number of carbonyl (C=O) groups excluding carboxylic acids is 1. The largest absolute Gasteiger partial charge is 0.325 e. The Kier molecular flexibility index (Phi) is 7.08. The van der Waals surface area contributed by atoms with E-state index in [2.05, 4.69) is 5.32 Å². The van der Waals surface area contributed by atoms with Crippen LogP contribution in [0.25, 0.3) is 0 Å². The number of rotatable bonds is 5. The standard InChI is InChI=1S/C12H18FN3O3S.ClH/c1-7(2)11(14)12(17)15-8-4-5-9(13)10(6-8)16-20(3,18)19;/h4-7,11,16H,14H2,1-3H3,(H,15,17);1H. The van der Waals surface area contributed by atoms with Crippen molar-refractivity contribution in [2.45, 2.75) is 19.9 Å². The molecule has 1 rings (SSSR count). The van der Waals surface area contributed by atoms with E-state index in [1.165, 1.54) is 12.1 Å². The van der Waals surface area contributed by atoms with Crippen molar-refractivity contribution in [3.05, 3.63) is 24.0 Å². The van der Waals surface area contributed by atoms with E-state index in [0.717, 1.165) is 12.3 Å². The minimum absolute atomic E-state index is 0. The van der Waals surface area contributed by atoms with Crippen molar-refractivity contribution in [1.29, 1.82) is 0 Å². The van der Waals surface area contributed by atoms with Crippen molar-refractivity contribution in [3.63, 3.8) is 0 Å². The van der Waals surface area contributed by atoms with Gasteiger partial charge >= 0.3 is 0 Å². The third-order valence-electron chi connectivity index (χ3n) is 2.55. The van der Waals surface area contributed by atoms with E-state index in [4.69, 9.17) is 5.73 Å². The summed E-state index contributed by atoms with van der Waals surface area (Å²) in [5.74, 6) is -1.21. The second-order valence-corrected chi connectivity index (χ2v) is 6.58. The average molecular weight is 340 g/mol. The molecule has 21 heavy (non-hydrogen) atoms. The van der Waals surface area contributed by atoms with Crippen LogP contribution in [-0.4, -0.2) is 26.6 Å². The summed E-state index contributed by atoms with van der Waals surface area (Å²) >= 11 is 0. The van der Waals surface area contributed by atoms with Gasteiger partial charge in [0.25, 0.3) is 0 Å². The maximum Gasteiger partial charge on any atom is 0.241 e. The molecular weight excluding hydrogens is 321 g/mol. The van der Waals surface area contributed by atoms with Crippen molar-refractivity contribution in [2.24, 2.45) is 11.7 Å². The van der Waals surface area contributed by atoms with Crippen LogP contribution in [0.4, 0.5) is 15.8 Å². The van der Waals surface area contributed by atoms with Gasteiger partial charge in [0.1, 0.15) is 5.82 Å². The molecule has 0 aliphatic rings. The van der Waals surface area contributed by atoms with E-state index in [0.29, 0.717) is 0 Å². The van der Waals surface area contributed by atoms with E-state index in [1.54, 1.807) is 13.8 Å². The maximum atomic E-state index is 13.5. The highest BCUT2D eigenvalue weighted by Gasteiger charge is 2.18. The van der Waals surface area contributed by atoms with Crippen molar-refractivity contribution < 1.29 is 17.6 Å². The molecule has 0 bridgehead atoms. The number of amides is 1. The fraction of sp³-hybridized carbons (Fsp3) is 0.417. The van der Waals surface area contributed by atoms with Gasteiger partial charge < -0.3 is 11.1 Å². The maximum absolute atomic E-state index is 13.5. The number of hydrogen-bond acceptors (Lipinski definition) is 4. The number of nitrogens with two attached hydrogens (primary N) is 1. The second kappa shape index (κ2) is 7.58. The summed E-state index contributed by atoms with van der Waals surface area (Å²) in [6.45, 7) is 3.59. The monoisotopic (exact) mass is 339 g/mol. The van der Waals surface area contributed by atoms with Crippen LogP contribution < -0.4 is 15.8 Å². The Balaban J connectivity index is 0.00000400. The first-order valence-electron chi connectivity index (χ1n) is 5.94. The molecule has 120 valence electrons. The highest BCUT2D eigenvalue weighted by Crippen LogP contribution is 2.20. The van der Waals surface area contributed by atoms with E-state index in [9.17, 15) is 17.6 Å². The first kappa shape index (κ1) is 19.6. The van der Waals surface area contributed by atoms with Gasteiger partial charge in [-0.15, -0.1) is 12.4 Å². The summed E-state index contributed by atoms with van der Waals surface area (Å²) in [6.07, 6.45) is 0.909. The molecule has 4 N–H and O–H groups in total. The Bertz CT molecular complexity index is 608. The lowest BCUT2D eigenvalue weighted by Crippen LogP contribution is -2.39. The Labute approximate surface area is 129 Å². The van der Waals surface area contributed by atoms with Gasteiger partial charge in [-0.2, -0.15) is 0 Å². The molecule has 0 radical (unpaired) electrons. The molecule has 0 aliphatic carbocycles. The molecule has 9 heteroatoms. The number of halogens is 2. The number of benzene rings is 1. The van der Waals surface area contributed by atoms with Crippen molar-refractivity contribution in [2.75, 3.05) is 16.3 Å². The molecule has 1 atom stereocenters. The van der Waals surface area contributed by atoms with E-state index < -0.39 is 27.8 Å². The summed E-state index contributed by atoms with van der Waals surface area (Å²) in [6, 6.07) is 2.88. The van der Waals surface area contributed by atoms with Crippen LogP contribution in [0.2, 0.25) is 0 Å². The molecular formula is C12H19ClFN3O3S. The summed E-state index contributed by atoms with van der Waals surface area (Å²) in [5, 5.41) is 2.51. The lowest BCUT2D eigenvalue weighted by molar-refractivity contribution is -0.118. The van der Waals surface area contributed by atoms with Gasteiger partial charge in [0.05, 0.1) is 18.0 Å². The number of hydrogen-bond donors (Lipinski definition) is 3. The molecule has 1 amide bonds. The quantitative estimate of drug-likeness (QED) is 0.757. The predicted octanol–water partition coefficient (Wildman–Crippen LogP) is 1.54. The lowest BCUT2D eigenvalue weighted by atomic mass is 10.0. The molecule has 1 aromatic rings. The molecule has 0 saturated carbocycles. The molecule has 0 heterocycles. The molecule has 0 fully saturated rings. The number of anilines is 2. The summed E-state index contributed by atoms with van der Waals surface area (Å²) < 4.78 is 37.7. The first-order valence-corrected chi connectivity index (χ1v) is 7.83. The molecule has 0 aliphatic heterocycles. The van der Waals surface area contributed by atoms with Crippen LogP contribution in [0.5, 0.6) is 0 Å². The minimum atomic E-state index is -3.60. The topological polar surface area (TPSA) is 101 Å². The van der Waals surface area contributed by atoms with Crippen molar-refractivity contribution in [1.82, 2.24) is 0 Å². The van der Waals surface area contributed by atoms with Gasteiger partial charge in [0.2, 0.25) is 15.9 Å². The molecule has 0 spiro atoms. The third-order valence-corrected chi connectivity index (χ3v) is 3.14. The highest BCUT2D eigenvalue weighted by molar-refractivity contribution is 7.92. The Morgan fingerprint density at radius 2 is 1.90 bits per heavy atom. The number of sulfonamides is 1. The highest BCUT2D eigenvalue weighted by atomic mass is 35.5. The predicted molar refractivity (Wildman–Crippen MR) is 83.6 cm³/mol. The normalized spacial score (nSPS) is 12.5. The zero-order chi connectivity index (χ0) is 15.5. The van der Waals surface area contributed by atoms with Crippen LogP contribution in [0.3, 0.4) is 0 Å². The fourth-order valence-corrected chi connectivity index (χ4v) is 1.97. The number of nitrogens with one attached hydrogen (secondary N) is 2. The second-order valence-electron chi connectivity index (χ2n) is 4.83. The van der Waals surface area contributed by atoms with E-state index in [-0.39, 0.29) is 29.7 Å². The zero-order valence-corrected chi connectivity index (χ0v) is 13.5. The lowest BCUT2D eigenvalue weighted by Gasteiger charge is -2.16. The van der Waals surface area contributed by atoms with Gasteiger partial charge in [0, 0.05) is 5.69 Å². The van der Waals surface area contributed by atoms with Gasteiger partial charge in [-0.3, -0.25) is 9.52 Å². The summed E-state index contributed by atoms with van der Waals surface area (Å²) in [5.41, 5.74) is 5.71.